The van der Waals surface area contributed by atoms with Crippen LogP contribution in [-0.2, 0) is 9.53 Å². The van der Waals surface area contributed by atoms with E-state index >= 15 is 0 Å². The van der Waals surface area contributed by atoms with Gasteiger partial charge < -0.3 is 30.2 Å². The summed E-state index contributed by atoms with van der Waals surface area (Å²) in [4.78, 5) is 14.0. The van der Waals surface area contributed by atoms with Crippen LogP contribution in [0.15, 0.2) is 12.1 Å². The van der Waals surface area contributed by atoms with E-state index in [9.17, 15) is 4.79 Å². The lowest BCUT2D eigenvalue weighted by molar-refractivity contribution is -0.124. The average molecular weight is 293 g/mol. The Morgan fingerprint density at radius 1 is 1.29 bits per heavy atom. The molecule has 3 rings (SSSR count). The van der Waals surface area contributed by atoms with E-state index in [1.54, 1.807) is 13.1 Å². The number of carbonyl (C=O) groups excluding carboxylic acids is 1. The third-order valence-corrected chi connectivity index (χ3v) is 3.68. The Balaban J connectivity index is 1.95. The first-order chi connectivity index (χ1) is 10.2. The van der Waals surface area contributed by atoms with Crippen molar-refractivity contribution in [3.8, 4) is 11.5 Å². The molecule has 2 heterocycles. The molecule has 0 aliphatic carbocycles. The van der Waals surface area contributed by atoms with Gasteiger partial charge in [0.15, 0.2) is 11.5 Å². The molecule has 2 aliphatic heterocycles. The van der Waals surface area contributed by atoms with Crippen LogP contribution in [0.25, 0.3) is 0 Å². The van der Waals surface area contributed by atoms with Crippen molar-refractivity contribution in [1.82, 2.24) is 5.32 Å². The van der Waals surface area contributed by atoms with Crippen molar-refractivity contribution in [2.45, 2.75) is 6.04 Å². The predicted octanol–water partition coefficient (Wildman–Crippen LogP) is -0.00880. The second-order valence-corrected chi connectivity index (χ2v) is 4.95. The van der Waals surface area contributed by atoms with Crippen molar-refractivity contribution in [2.75, 3.05) is 50.7 Å². The van der Waals surface area contributed by atoms with Crippen LogP contribution in [0.1, 0.15) is 0 Å². The Hall–Kier alpha value is -2.15. The van der Waals surface area contributed by atoms with Crippen LogP contribution in [0.5, 0.6) is 11.5 Å². The molecule has 1 aromatic rings. The molecule has 0 spiro atoms. The molecule has 1 fully saturated rings. The molecule has 0 bridgehead atoms. The van der Waals surface area contributed by atoms with Crippen molar-refractivity contribution in [3.05, 3.63) is 12.1 Å². The van der Waals surface area contributed by atoms with E-state index in [1.165, 1.54) is 0 Å². The van der Waals surface area contributed by atoms with Crippen LogP contribution in [-0.4, -0.2) is 52.0 Å². The highest BCUT2D eigenvalue weighted by molar-refractivity contribution is 5.87. The molecule has 1 unspecified atom stereocenters. The number of anilines is 2. The number of nitrogen functional groups attached to an aromatic ring is 1. The topological polar surface area (TPSA) is 86.1 Å². The quantitative estimate of drug-likeness (QED) is 0.746. The number of carbonyl (C=O) groups is 1. The van der Waals surface area contributed by atoms with Gasteiger partial charge in [-0.05, 0) is 0 Å². The van der Waals surface area contributed by atoms with Crippen LogP contribution in [0.4, 0.5) is 11.4 Å². The van der Waals surface area contributed by atoms with Crippen LogP contribution in [0, 0.1) is 0 Å². The van der Waals surface area contributed by atoms with E-state index in [0.29, 0.717) is 50.2 Å². The molecule has 1 saturated heterocycles. The smallest absolute Gasteiger partial charge is 0.244 e. The van der Waals surface area contributed by atoms with E-state index in [2.05, 4.69) is 5.32 Å². The summed E-state index contributed by atoms with van der Waals surface area (Å²) in [6.45, 7) is 2.53. The van der Waals surface area contributed by atoms with Gasteiger partial charge in [0.1, 0.15) is 19.3 Å². The Labute approximate surface area is 122 Å². The number of ether oxygens (including phenoxy) is 3. The van der Waals surface area contributed by atoms with Crippen molar-refractivity contribution in [3.63, 3.8) is 0 Å². The Bertz CT molecular complexity index is 549. The van der Waals surface area contributed by atoms with E-state index in [0.717, 1.165) is 5.69 Å². The molecule has 7 heteroatoms. The monoisotopic (exact) mass is 293 g/mol. The van der Waals surface area contributed by atoms with E-state index in [4.69, 9.17) is 19.9 Å². The zero-order chi connectivity index (χ0) is 14.8. The van der Waals surface area contributed by atoms with E-state index in [-0.39, 0.29) is 5.91 Å². The number of likely N-dealkylation sites (N-methyl/N-ethyl adjacent to an activating group) is 1. The van der Waals surface area contributed by atoms with Gasteiger partial charge in [-0.2, -0.15) is 0 Å². The standard InChI is InChI=1S/C14H19N3O4/c1-16-14(18)11-8-19-3-2-17(11)10-7-13-12(6-9(10)15)20-4-5-21-13/h6-7,11H,2-5,8,15H2,1H3,(H,16,18). The molecule has 21 heavy (non-hydrogen) atoms. The summed E-state index contributed by atoms with van der Waals surface area (Å²) in [7, 11) is 1.61. The number of nitrogens with one attached hydrogen (secondary N) is 1. The number of fused-ring (bicyclic) bond motifs is 1. The van der Waals surface area contributed by atoms with Crippen molar-refractivity contribution < 1.29 is 19.0 Å². The number of morpholine rings is 1. The number of nitrogens with two attached hydrogens (primary N) is 1. The highest BCUT2D eigenvalue weighted by Crippen LogP contribution is 2.39. The van der Waals surface area contributed by atoms with Gasteiger partial charge in [-0.25, -0.2) is 0 Å². The van der Waals surface area contributed by atoms with Crippen LogP contribution >= 0.6 is 0 Å². The second-order valence-electron chi connectivity index (χ2n) is 4.95. The van der Waals surface area contributed by atoms with Gasteiger partial charge in [-0.1, -0.05) is 0 Å². The Morgan fingerprint density at radius 3 is 2.71 bits per heavy atom. The highest BCUT2D eigenvalue weighted by atomic mass is 16.6. The minimum absolute atomic E-state index is 0.0935. The van der Waals surface area contributed by atoms with E-state index in [1.807, 2.05) is 11.0 Å². The number of hydrogen-bond acceptors (Lipinski definition) is 6. The molecule has 1 aromatic carbocycles. The summed E-state index contributed by atoms with van der Waals surface area (Å²) in [5.74, 6) is 1.21. The SMILES string of the molecule is CNC(=O)C1COCCN1c1cc2c(cc1N)OCCO2. The maximum absolute atomic E-state index is 12.0. The summed E-state index contributed by atoms with van der Waals surface area (Å²) in [5.41, 5.74) is 7.47. The molecule has 1 amide bonds. The molecule has 1 atom stereocenters. The van der Waals surface area contributed by atoms with Gasteiger partial charge >= 0.3 is 0 Å². The molecule has 114 valence electrons. The molecule has 0 aromatic heterocycles. The van der Waals surface area contributed by atoms with Gasteiger partial charge in [0.05, 0.1) is 24.6 Å². The second kappa shape index (κ2) is 5.69. The summed E-state index contributed by atoms with van der Waals surface area (Å²) in [6.07, 6.45) is 0. The largest absolute Gasteiger partial charge is 0.486 e. The van der Waals surface area contributed by atoms with Crippen LogP contribution in [0.3, 0.4) is 0 Å². The minimum atomic E-state index is -0.395. The lowest BCUT2D eigenvalue weighted by Gasteiger charge is -2.37. The normalized spacial score (nSPS) is 21.0. The van der Waals surface area contributed by atoms with Crippen molar-refractivity contribution in [2.24, 2.45) is 0 Å². The van der Waals surface area contributed by atoms with Gasteiger partial charge in [-0.15, -0.1) is 0 Å². The Morgan fingerprint density at radius 2 is 2.00 bits per heavy atom. The lowest BCUT2D eigenvalue weighted by atomic mass is 10.1. The molecular weight excluding hydrogens is 274 g/mol. The number of amides is 1. The highest BCUT2D eigenvalue weighted by Gasteiger charge is 2.31. The summed E-state index contributed by atoms with van der Waals surface area (Å²) in [6, 6.07) is 3.19. The first-order valence-electron chi connectivity index (χ1n) is 6.96. The average Bonchev–Trinajstić information content (AvgIpc) is 2.53. The third kappa shape index (κ3) is 2.56. The van der Waals surface area contributed by atoms with Crippen LogP contribution in [0.2, 0.25) is 0 Å². The fourth-order valence-corrected chi connectivity index (χ4v) is 2.62. The number of rotatable bonds is 2. The molecule has 3 N–H and O–H groups in total. The lowest BCUT2D eigenvalue weighted by Crippen LogP contribution is -2.53. The molecule has 2 aliphatic rings. The number of hydrogen-bond donors (Lipinski definition) is 2. The fraction of sp³-hybridized carbons (Fsp3) is 0.500. The zero-order valence-corrected chi connectivity index (χ0v) is 11.9. The maximum Gasteiger partial charge on any atom is 0.244 e. The first-order valence-corrected chi connectivity index (χ1v) is 6.96. The summed E-state index contributed by atoms with van der Waals surface area (Å²) in [5, 5.41) is 2.66. The van der Waals surface area contributed by atoms with Crippen molar-refractivity contribution >= 4 is 17.3 Å². The first kappa shape index (κ1) is 13.8. The van der Waals surface area contributed by atoms with Gasteiger partial charge in [0.2, 0.25) is 5.91 Å². The molecular formula is C14H19N3O4. The molecule has 7 nitrogen and oxygen atoms in total. The number of benzene rings is 1. The van der Waals surface area contributed by atoms with Gasteiger partial charge in [0.25, 0.3) is 0 Å². The third-order valence-electron chi connectivity index (χ3n) is 3.68. The zero-order valence-electron chi connectivity index (χ0n) is 11.9. The van der Waals surface area contributed by atoms with Gasteiger partial charge in [-0.3, -0.25) is 4.79 Å². The Kier molecular flexibility index (Phi) is 3.74. The summed E-state index contributed by atoms with van der Waals surface area (Å²) < 4.78 is 16.5. The van der Waals surface area contributed by atoms with Gasteiger partial charge in [0, 0.05) is 25.7 Å². The molecule has 0 radical (unpaired) electrons. The van der Waals surface area contributed by atoms with Crippen LogP contribution < -0.4 is 25.4 Å². The predicted molar refractivity (Wildman–Crippen MR) is 77.9 cm³/mol. The fourth-order valence-electron chi connectivity index (χ4n) is 2.62. The molecule has 0 saturated carbocycles. The minimum Gasteiger partial charge on any atom is -0.486 e. The maximum atomic E-state index is 12.0. The van der Waals surface area contributed by atoms with E-state index < -0.39 is 6.04 Å². The van der Waals surface area contributed by atoms with Crippen molar-refractivity contribution in [1.29, 1.82) is 0 Å². The summed E-state index contributed by atoms with van der Waals surface area (Å²) >= 11 is 0. The number of nitrogens with zero attached hydrogens (tertiary/aromatic N) is 1.